The third-order valence-electron chi connectivity index (χ3n) is 3.85. The molecule has 2 aromatic rings. The van der Waals surface area contributed by atoms with Crippen LogP contribution >= 0.6 is 0 Å². The van der Waals surface area contributed by atoms with Crippen LogP contribution in [-0.2, 0) is 4.79 Å². The number of ketones is 1. The Bertz CT molecular complexity index is 783. The van der Waals surface area contributed by atoms with Crippen molar-refractivity contribution in [2.75, 3.05) is 0 Å². The number of hydrogen-bond acceptors (Lipinski definition) is 3. The van der Waals surface area contributed by atoms with Crippen LogP contribution in [0.3, 0.4) is 0 Å². The number of hydrogen-bond donors (Lipinski definition) is 1. The average molecular weight is 264 g/mol. The van der Waals surface area contributed by atoms with E-state index in [0.29, 0.717) is 11.3 Å². The zero-order valence-electron chi connectivity index (χ0n) is 10.7. The first-order chi connectivity index (χ1) is 9.75. The van der Waals surface area contributed by atoms with Gasteiger partial charge in [-0.1, -0.05) is 36.4 Å². The topological polar surface area (TPSA) is 58.5 Å². The van der Waals surface area contributed by atoms with Gasteiger partial charge in [-0.25, -0.2) is 5.43 Å². The van der Waals surface area contributed by atoms with Crippen molar-refractivity contribution < 1.29 is 9.59 Å². The molecule has 0 aromatic heterocycles. The average Bonchev–Trinajstić information content (AvgIpc) is 3.27. The number of carbonyl (C=O) groups excluding carboxylic acids is 2. The second-order valence-electron chi connectivity index (χ2n) is 5.25. The number of Topliss-reactive ketones (excluding diaryl/α,β-unsaturated/α-hetero) is 1. The molecular weight excluding hydrogens is 252 g/mol. The fraction of sp³-hybridized carbons (Fsp3) is 0.188. The molecule has 0 atom stereocenters. The molecule has 0 spiro atoms. The molecule has 0 heterocycles. The molecule has 2 aromatic carbocycles. The highest BCUT2D eigenvalue weighted by Gasteiger charge is 2.31. The molecular formula is C16H12N2O2. The van der Waals surface area contributed by atoms with Gasteiger partial charge in [0.05, 0.1) is 0 Å². The zero-order valence-corrected chi connectivity index (χ0v) is 10.7. The lowest BCUT2D eigenvalue weighted by Crippen LogP contribution is -2.23. The Morgan fingerprint density at radius 3 is 2.50 bits per heavy atom. The molecule has 1 saturated carbocycles. The van der Waals surface area contributed by atoms with Crippen LogP contribution in [-0.4, -0.2) is 17.4 Å². The van der Waals surface area contributed by atoms with Crippen LogP contribution in [0.1, 0.15) is 28.8 Å². The maximum absolute atomic E-state index is 12.4. The molecule has 0 unspecified atom stereocenters. The second kappa shape index (κ2) is 4.00. The van der Waals surface area contributed by atoms with Gasteiger partial charge in [0.1, 0.15) is 5.71 Å². The Labute approximate surface area is 115 Å². The highest BCUT2D eigenvalue weighted by Crippen LogP contribution is 2.31. The molecule has 2 aliphatic carbocycles. The van der Waals surface area contributed by atoms with Crippen LogP contribution in [0.15, 0.2) is 41.5 Å². The summed E-state index contributed by atoms with van der Waals surface area (Å²) in [6.07, 6.45) is 1.83. The normalized spacial score (nSPS) is 18.8. The van der Waals surface area contributed by atoms with Crippen molar-refractivity contribution in [3.05, 3.63) is 47.5 Å². The smallest absolute Gasteiger partial charge is 0.243 e. The van der Waals surface area contributed by atoms with E-state index in [1.54, 1.807) is 6.07 Å². The van der Waals surface area contributed by atoms with Gasteiger partial charge in [0.15, 0.2) is 0 Å². The Morgan fingerprint density at radius 2 is 1.80 bits per heavy atom. The predicted molar refractivity (Wildman–Crippen MR) is 75.7 cm³/mol. The van der Waals surface area contributed by atoms with Crippen molar-refractivity contribution in [2.24, 2.45) is 11.0 Å². The van der Waals surface area contributed by atoms with E-state index in [0.717, 1.165) is 29.2 Å². The molecule has 0 radical (unpaired) electrons. The van der Waals surface area contributed by atoms with Crippen LogP contribution in [0, 0.1) is 5.92 Å². The minimum Gasteiger partial charge on any atom is -0.287 e. The van der Waals surface area contributed by atoms with Crippen LogP contribution in [0.4, 0.5) is 0 Å². The van der Waals surface area contributed by atoms with Crippen molar-refractivity contribution in [3.63, 3.8) is 0 Å². The summed E-state index contributed by atoms with van der Waals surface area (Å²) in [6.45, 7) is 0. The summed E-state index contributed by atoms with van der Waals surface area (Å²) in [4.78, 5) is 24.0. The fourth-order valence-electron chi connectivity index (χ4n) is 2.64. The van der Waals surface area contributed by atoms with Gasteiger partial charge in [0.2, 0.25) is 11.7 Å². The number of rotatable bonds is 2. The Hall–Kier alpha value is -2.49. The van der Waals surface area contributed by atoms with Crippen LogP contribution in [0.25, 0.3) is 10.8 Å². The maximum Gasteiger partial charge on any atom is 0.243 e. The molecule has 2 aliphatic rings. The monoisotopic (exact) mass is 264 g/mol. The number of carbonyl (C=O) groups is 2. The molecule has 4 nitrogen and oxygen atoms in total. The predicted octanol–water partition coefficient (Wildman–Crippen LogP) is 2.27. The Kier molecular flexibility index (Phi) is 2.27. The van der Waals surface area contributed by atoms with E-state index >= 15 is 0 Å². The van der Waals surface area contributed by atoms with E-state index in [2.05, 4.69) is 10.5 Å². The molecule has 0 aliphatic heterocycles. The summed E-state index contributed by atoms with van der Waals surface area (Å²) < 4.78 is 0. The highest BCUT2D eigenvalue weighted by atomic mass is 16.2. The summed E-state index contributed by atoms with van der Waals surface area (Å²) >= 11 is 0. The molecule has 1 amide bonds. The van der Waals surface area contributed by atoms with Gasteiger partial charge in [0, 0.05) is 22.4 Å². The lowest BCUT2D eigenvalue weighted by atomic mass is 10.1. The van der Waals surface area contributed by atoms with Gasteiger partial charge < -0.3 is 0 Å². The maximum atomic E-state index is 12.4. The van der Waals surface area contributed by atoms with E-state index < -0.39 is 0 Å². The van der Waals surface area contributed by atoms with Gasteiger partial charge in [-0.3, -0.25) is 9.59 Å². The van der Waals surface area contributed by atoms with Crippen molar-refractivity contribution >= 4 is 28.2 Å². The van der Waals surface area contributed by atoms with E-state index in [9.17, 15) is 9.59 Å². The summed E-state index contributed by atoms with van der Waals surface area (Å²) in [5.74, 6) is -0.129. The van der Waals surface area contributed by atoms with Gasteiger partial charge in [-0.2, -0.15) is 5.10 Å². The van der Waals surface area contributed by atoms with E-state index in [1.807, 2.05) is 30.3 Å². The quantitative estimate of drug-likeness (QED) is 0.846. The minimum absolute atomic E-state index is 0.0778. The first-order valence-electron chi connectivity index (χ1n) is 6.70. The van der Waals surface area contributed by atoms with Crippen molar-refractivity contribution in [2.45, 2.75) is 12.8 Å². The molecule has 1 fully saturated rings. The molecule has 98 valence electrons. The molecule has 4 rings (SSSR count). The molecule has 0 bridgehead atoms. The van der Waals surface area contributed by atoms with Gasteiger partial charge in [-0.15, -0.1) is 0 Å². The molecule has 20 heavy (non-hydrogen) atoms. The van der Waals surface area contributed by atoms with Crippen LogP contribution in [0.2, 0.25) is 0 Å². The first kappa shape index (κ1) is 11.3. The van der Waals surface area contributed by atoms with Gasteiger partial charge in [0.25, 0.3) is 0 Å². The molecule has 4 heteroatoms. The second-order valence-corrected chi connectivity index (χ2v) is 5.25. The minimum atomic E-state index is -0.118. The van der Waals surface area contributed by atoms with Crippen molar-refractivity contribution in [1.82, 2.24) is 5.43 Å². The molecule has 1 N–H and O–H groups in total. The van der Waals surface area contributed by atoms with Gasteiger partial charge >= 0.3 is 0 Å². The number of amides is 1. The first-order valence-corrected chi connectivity index (χ1v) is 6.70. The lowest BCUT2D eigenvalue weighted by Gasteiger charge is -2.00. The summed E-state index contributed by atoms with van der Waals surface area (Å²) in [5, 5.41) is 6.02. The zero-order chi connectivity index (χ0) is 13.7. The van der Waals surface area contributed by atoms with Crippen LogP contribution < -0.4 is 5.43 Å². The summed E-state index contributed by atoms with van der Waals surface area (Å²) in [5.41, 5.74) is 4.33. The van der Waals surface area contributed by atoms with E-state index in [4.69, 9.17) is 0 Å². The van der Waals surface area contributed by atoms with E-state index in [-0.39, 0.29) is 17.6 Å². The lowest BCUT2D eigenvalue weighted by molar-refractivity contribution is -0.122. The largest absolute Gasteiger partial charge is 0.287 e. The number of nitrogens with zero attached hydrogens (tertiary/aromatic N) is 1. The fourth-order valence-corrected chi connectivity index (χ4v) is 2.64. The third kappa shape index (κ3) is 1.58. The van der Waals surface area contributed by atoms with Gasteiger partial charge in [-0.05, 0) is 18.2 Å². The molecule has 0 saturated heterocycles. The Balaban J connectivity index is 1.80. The Morgan fingerprint density at radius 1 is 1.10 bits per heavy atom. The number of hydrazone groups is 1. The SMILES string of the molecule is O=C1C(=NNC(=O)C2CC2)c2cccc3cccc1c23. The summed E-state index contributed by atoms with van der Waals surface area (Å²) in [7, 11) is 0. The highest BCUT2D eigenvalue weighted by molar-refractivity contribution is 6.59. The third-order valence-corrected chi connectivity index (χ3v) is 3.85. The van der Waals surface area contributed by atoms with Crippen molar-refractivity contribution in [1.29, 1.82) is 0 Å². The number of benzene rings is 2. The van der Waals surface area contributed by atoms with Crippen molar-refractivity contribution in [3.8, 4) is 0 Å². The number of nitrogens with one attached hydrogen (secondary N) is 1. The van der Waals surface area contributed by atoms with E-state index in [1.165, 1.54) is 0 Å². The summed E-state index contributed by atoms with van der Waals surface area (Å²) in [6, 6.07) is 11.4. The standard InChI is InChI=1S/C16H12N2O2/c19-15-12-6-2-4-9-3-1-5-11(13(9)12)14(15)17-18-16(20)10-7-8-10/h1-6,10H,7-8H2,(H,18,20). The van der Waals surface area contributed by atoms with Crippen LogP contribution in [0.5, 0.6) is 0 Å².